The highest BCUT2D eigenvalue weighted by Gasteiger charge is 2.04. The minimum absolute atomic E-state index is 0.810. The highest BCUT2D eigenvalue weighted by atomic mass is 15.3. The molecule has 0 atom stereocenters. The van der Waals surface area contributed by atoms with Gasteiger partial charge in [-0.2, -0.15) is 5.10 Å². The number of para-hydroxylation sites is 2. The Kier molecular flexibility index (Phi) is 3.50. The molecule has 0 radical (unpaired) electrons. The molecular formula is C17H17N3. The van der Waals surface area contributed by atoms with Crippen molar-refractivity contribution in [3.8, 4) is 5.69 Å². The van der Waals surface area contributed by atoms with Crippen LogP contribution in [0, 0.1) is 6.92 Å². The first kappa shape index (κ1) is 12.5. The van der Waals surface area contributed by atoms with E-state index in [-0.39, 0.29) is 0 Å². The summed E-state index contributed by atoms with van der Waals surface area (Å²) in [6.07, 6.45) is 3.74. The van der Waals surface area contributed by atoms with Crippen molar-refractivity contribution in [2.75, 3.05) is 5.32 Å². The fraction of sp³-hybridized carbons (Fsp3) is 0.118. The number of aromatic nitrogens is 2. The summed E-state index contributed by atoms with van der Waals surface area (Å²) in [6, 6.07) is 18.6. The third-order valence-electron chi connectivity index (χ3n) is 3.39. The molecule has 0 aliphatic carbocycles. The zero-order chi connectivity index (χ0) is 13.8. The third-order valence-corrected chi connectivity index (χ3v) is 3.39. The van der Waals surface area contributed by atoms with Gasteiger partial charge >= 0.3 is 0 Å². The van der Waals surface area contributed by atoms with Crippen LogP contribution in [-0.4, -0.2) is 9.78 Å². The molecule has 0 bridgehead atoms. The molecule has 0 saturated heterocycles. The molecule has 1 aromatic heterocycles. The standard InChI is InChI=1S/C17H17N3/c1-14-7-2-3-8-15(14)13-18-16-9-4-5-10-17(16)20-12-6-11-19-20/h2-12,18H,13H2,1H3. The lowest BCUT2D eigenvalue weighted by molar-refractivity contribution is 0.879. The Bertz CT molecular complexity index is 687. The molecule has 2 aromatic carbocycles. The maximum absolute atomic E-state index is 4.30. The first-order valence-corrected chi connectivity index (χ1v) is 6.72. The minimum atomic E-state index is 0.810. The van der Waals surface area contributed by atoms with E-state index in [9.17, 15) is 0 Å². The predicted molar refractivity (Wildman–Crippen MR) is 82.1 cm³/mol. The average Bonchev–Trinajstić information content (AvgIpc) is 3.01. The lowest BCUT2D eigenvalue weighted by Crippen LogP contribution is -2.05. The zero-order valence-corrected chi connectivity index (χ0v) is 11.5. The summed E-state index contributed by atoms with van der Waals surface area (Å²) in [7, 11) is 0. The fourth-order valence-corrected chi connectivity index (χ4v) is 2.23. The van der Waals surface area contributed by atoms with Gasteiger partial charge in [-0.25, -0.2) is 4.68 Å². The molecule has 0 saturated carbocycles. The molecule has 3 rings (SSSR count). The van der Waals surface area contributed by atoms with E-state index in [0.717, 1.165) is 17.9 Å². The number of nitrogens with zero attached hydrogens (tertiary/aromatic N) is 2. The van der Waals surface area contributed by atoms with E-state index in [1.54, 1.807) is 6.20 Å². The second-order valence-electron chi connectivity index (χ2n) is 4.75. The van der Waals surface area contributed by atoms with Crippen molar-refractivity contribution in [2.24, 2.45) is 0 Å². The second-order valence-corrected chi connectivity index (χ2v) is 4.75. The minimum Gasteiger partial charge on any atom is -0.379 e. The largest absolute Gasteiger partial charge is 0.379 e. The Morgan fingerprint density at radius 3 is 2.60 bits per heavy atom. The number of nitrogens with one attached hydrogen (secondary N) is 1. The van der Waals surface area contributed by atoms with Crippen LogP contribution in [0.3, 0.4) is 0 Å². The van der Waals surface area contributed by atoms with Gasteiger partial charge in [0.15, 0.2) is 0 Å². The van der Waals surface area contributed by atoms with Crippen molar-refractivity contribution in [1.82, 2.24) is 9.78 Å². The van der Waals surface area contributed by atoms with Crippen molar-refractivity contribution in [3.05, 3.63) is 78.1 Å². The smallest absolute Gasteiger partial charge is 0.0876 e. The number of benzene rings is 2. The lowest BCUT2D eigenvalue weighted by Gasteiger charge is -2.13. The van der Waals surface area contributed by atoms with Crippen LogP contribution in [0.2, 0.25) is 0 Å². The van der Waals surface area contributed by atoms with Crippen molar-refractivity contribution in [1.29, 1.82) is 0 Å². The van der Waals surface area contributed by atoms with Crippen LogP contribution in [0.25, 0.3) is 5.69 Å². The Labute approximate surface area is 118 Å². The van der Waals surface area contributed by atoms with Crippen LogP contribution < -0.4 is 5.32 Å². The molecule has 0 aliphatic rings. The van der Waals surface area contributed by atoms with Crippen LogP contribution >= 0.6 is 0 Å². The van der Waals surface area contributed by atoms with Gasteiger partial charge in [0, 0.05) is 18.9 Å². The van der Waals surface area contributed by atoms with Gasteiger partial charge in [0.25, 0.3) is 0 Å². The maximum Gasteiger partial charge on any atom is 0.0876 e. The highest BCUT2D eigenvalue weighted by Crippen LogP contribution is 2.20. The number of hydrogen-bond acceptors (Lipinski definition) is 2. The number of hydrogen-bond donors (Lipinski definition) is 1. The molecule has 0 amide bonds. The van der Waals surface area contributed by atoms with Gasteiger partial charge in [0.05, 0.1) is 11.4 Å². The summed E-state index contributed by atoms with van der Waals surface area (Å²) >= 11 is 0. The molecular weight excluding hydrogens is 246 g/mol. The van der Waals surface area contributed by atoms with E-state index in [1.165, 1.54) is 11.1 Å². The number of aryl methyl sites for hydroxylation is 1. The second kappa shape index (κ2) is 5.61. The van der Waals surface area contributed by atoms with E-state index < -0.39 is 0 Å². The van der Waals surface area contributed by atoms with Crippen LogP contribution in [0.4, 0.5) is 5.69 Å². The molecule has 1 N–H and O–H groups in total. The summed E-state index contributed by atoms with van der Waals surface area (Å²) in [5, 5.41) is 7.79. The Morgan fingerprint density at radius 2 is 1.80 bits per heavy atom. The Morgan fingerprint density at radius 1 is 1.00 bits per heavy atom. The third kappa shape index (κ3) is 2.57. The van der Waals surface area contributed by atoms with Crippen molar-refractivity contribution < 1.29 is 0 Å². The highest BCUT2D eigenvalue weighted by molar-refractivity contribution is 5.60. The van der Waals surface area contributed by atoms with E-state index >= 15 is 0 Å². The molecule has 0 spiro atoms. The van der Waals surface area contributed by atoms with E-state index in [0.29, 0.717) is 0 Å². The Balaban J connectivity index is 1.84. The summed E-state index contributed by atoms with van der Waals surface area (Å²) in [5.74, 6) is 0. The fourth-order valence-electron chi connectivity index (χ4n) is 2.23. The first-order chi connectivity index (χ1) is 9.84. The van der Waals surface area contributed by atoms with Crippen LogP contribution in [0.5, 0.6) is 0 Å². The summed E-state index contributed by atoms with van der Waals surface area (Å²) in [4.78, 5) is 0. The van der Waals surface area contributed by atoms with E-state index in [2.05, 4.69) is 53.7 Å². The maximum atomic E-state index is 4.30. The number of rotatable bonds is 4. The SMILES string of the molecule is Cc1ccccc1CNc1ccccc1-n1cccn1. The Hall–Kier alpha value is -2.55. The zero-order valence-electron chi connectivity index (χ0n) is 11.5. The predicted octanol–water partition coefficient (Wildman–Crippen LogP) is 3.79. The van der Waals surface area contributed by atoms with Crippen molar-refractivity contribution in [2.45, 2.75) is 13.5 Å². The average molecular weight is 263 g/mol. The molecule has 1 heterocycles. The van der Waals surface area contributed by atoms with Crippen LogP contribution in [0.15, 0.2) is 67.0 Å². The van der Waals surface area contributed by atoms with Crippen molar-refractivity contribution >= 4 is 5.69 Å². The summed E-state index contributed by atoms with van der Waals surface area (Å²) in [5.41, 5.74) is 4.75. The van der Waals surface area contributed by atoms with Gasteiger partial charge in [-0.1, -0.05) is 36.4 Å². The van der Waals surface area contributed by atoms with E-state index in [1.807, 2.05) is 29.1 Å². The van der Waals surface area contributed by atoms with E-state index in [4.69, 9.17) is 0 Å². The van der Waals surface area contributed by atoms with Gasteiger partial charge < -0.3 is 5.32 Å². The molecule has 3 nitrogen and oxygen atoms in total. The van der Waals surface area contributed by atoms with Gasteiger partial charge in [-0.15, -0.1) is 0 Å². The molecule has 3 heteroatoms. The molecule has 0 unspecified atom stereocenters. The monoisotopic (exact) mass is 263 g/mol. The van der Waals surface area contributed by atoms with Gasteiger partial charge in [-0.05, 0) is 36.2 Å². The van der Waals surface area contributed by atoms with Gasteiger partial charge in [0.1, 0.15) is 0 Å². The normalized spacial score (nSPS) is 10.4. The first-order valence-electron chi connectivity index (χ1n) is 6.72. The topological polar surface area (TPSA) is 29.9 Å². The number of anilines is 1. The summed E-state index contributed by atoms with van der Waals surface area (Å²) < 4.78 is 1.88. The molecule has 3 aromatic rings. The van der Waals surface area contributed by atoms with Crippen LogP contribution in [0.1, 0.15) is 11.1 Å². The molecule has 0 aliphatic heterocycles. The van der Waals surface area contributed by atoms with Crippen molar-refractivity contribution in [3.63, 3.8) is 0 Å². The summed E-state index contributed by atoms with van der Waals surface area (Å²) in [6.45, 7) is 2.95. The van der Waals surface area contributed by atoms with Crippen LogP contribution in [-0.2, 0) is 6.54 Å². The van der Waals surface area contributed by atoms with Gasteiger partial charge in [-0.3, -0.25) is 0 Å². The van der Waals surface area contributed by atoms with Gasteiger partial charge in [0.2, 0.25) is 0 Å². The quantitative estimate of drug-likeness (QED) is 0.776. The molecule has 100 valence electrons. The molecule has 20 heavy (non-hydrogen) atoms. The lowest BCUT2D eigenvalue weighted by atomic mass is 10.1. The molecule has 0 fully saturated rings.